The first-order valence-corrected chi connectivity index (χ1v) is 14.4. The van der Waals surface area contributed by atoms with Gasteiger partial charge in [0.25, 0.3) is 5.56 Å². The Bertz CT molecular complexity index is 1880. The van der Waals surface area contributed by atoms with E-state index >= 15 is 0 Å². The van der Waals surface area contributed by atoms with Crippen molar-refractivity contribution in [3.8, 4) is 22.9 Å². The summed E-state index contributed by atoms with van der Waals surface area (Å²) >= 11 is 18.6. The van der Waals surface area contributed by atoms with Gasteiger partial charge in [0.05, 0.1) is 39.3 Å². The molecule has 1 aromatic heterocycles. The van der Waals surface area contributed by atoms with E-state index in [1.165, 1.54) is 4.68 Å². The van der Waals surface area contributed by atoms with E-state index in [-0.39, 0.29) is 18.1 Å². The zero-order valence-electron chi connectivity index (χ0n) is 23.5. The molecule has 0 aliphatic heterocycles. The molecule has 0 radical (unpaired) electrons. The maximum absolute atomic E-state index is 13.7. The number of halogens is 3. The molecule has 4 aromatic carbocycles. The topological polar surface area (TPSA) is 65.7 Å². The first-order valence-electron chi connectivity index (χ1n) is 13.3. The van der Waals surface area contributed by atoms with Crippen molar-refractivity contribution in [2.45, 2.75) is 33.3 Å². The molecular weight excluding hydrogens is 593 g/mol. The van der Waals surface area contributed by atoms with Crippen LogP contribution < -0.4 is 15.0 Å². The van der Waals surface area contributed by atoms with E-state index in [0.29, 0.717) is 43.1 Å². The van der Waals surface area contributed by atoms with Gasteiger partial charge in [-0.1, -0.05) is 66.8 Å². The minimum atomic E-state index is -0.277. The fraction of sp³-hybridized carbons (Fsp3) is 0.182. The van der Waals surface area contributed by atoms with Gasteiger partial charge in [-0.2, -0.15) is 9.78 Å². The predicted octanol–water partition coefficient (Wildman–Crippen LogP) is 8.93. The molecule has 0 amide bonds. The van der Waals surface area contributed by atoms with Crippen LogP contribution in [0.5, 0.6) is 11.5 Å². The Kier molecular flexibility index (Phi) is 8.88. The van der Waals surface area contributed by atoms with Gasteiger partial charge < -0.3 is 9.47 Å². The van der Waals surface area contributed by atoms with Crippen molar-refractivity contribution >= 4 is 51.9 Å². The standard InChI is InChI=1S/C33H28Cl3N3O3/c1-19(2)24-16-25(20(3)13-31(24)41-4)32-38-29-8-6-5-7-23(29)33(40)39(32)37-17-21-10-12-30(28(36)14-21)42-18-22-9-11-26(34)27(35)15-22/h5-17,19H,18H2,1-4H3. The molecule has 0 aliphatic carbocycles. The van der Waals surface area contributed by atoms with Crippen molar-refractivity contribution in [3.05, 3.63) is 120 Å². The number of hydrogen-bond acceptors (Lipinski definition) is 5. The molecule has 0 spiro atoms. The molecule has 0 fully saturated rings. The second kappa shape index (κ2) is 12.6. The van der Waals surface area contributed by atoms with Crippen LogP contribution in [0.25, 0.3) is 22.3 Å². The van der Waals surface area contributed by atoms with Crippen LogP contribution in [0.2, 0.25) is 15.1 Å². The van der Waals surface area contributed by atoms with Gasteiger partial charge in [0.1, 0.15) is 18.1 Å². The Morgan fingerprint density at radius 2 is 1.71 bits per heavy atom. The van der Waals surface area contributed by atoms with Crippen LogP contribution >= 0.6 is 34.8 Å². The van der Waals surface area contributed by atoms with Gasteiger partial charge in [-0.25, -0.2) is 4.98 Å². The van der Waals surface area contributed by atoms with Crippen molar-refractivity contribution in [1.29, 1.82) is 0 Å². The van der Waals surface area contributed by atoms with Crippen LogP contribution in [0, 0.1) is 6.92 Å². The number of aryl methyl sites for hydroxylation is 1. The van der Waals surface area contributed by atoms with Gasteiger partial charge in [0.15, 0.2) is 5.82 Å². The third-order valence-corrected chi connectivity index (χ3v) is 7.88. The summed E-state index contributed by atoms with van der Waals surface area (Å²) in [7, 11) is 1.66. The van der Waals surface area contributed by atoms with Crippen molar-refractivity contribution in [1.82, 2.24) is 9.66 Å². The van der Waals surface area contributed by atoms with Crippen LogP contribution in [0.4, 0.5) is 0 Å². The molecule has 0 bridgehead atoms. The van der Waals surface area contributed by atoms with Gasteiger partial charge >= 0.3 is 0 Å². The molecule has 9 heteroatoms. The summed E-state index contributed by atoms with van der Waals surface area (Å²) in [4.78, 5) is 18.6. The summed E-state index contributed by atoms with van der Waals surface area (Å²) in [5.41, 5.74) is 4.58. The molecule has 0 aliphatic rings. The molecule has 6 nitrogen and oxygen atoms in total. The van der Waals surface area contributed by atoms with Crippen molar-refractivity contribution in [3.63, 3.8) is 0 Å². The van der Waals surface area contributed by atoms with Gasteiger partial charge in [-0.3, -0.25) is 4.79 Å². The van der Waals surface area contributed by atoms with Gasteiger partial charge in [0, 0.05) is 5.56 Å². The fourth-order valence-corrected chi connectivity index (χ4v) is 5.17. The summed E-state index contributed by atoms with van der Waals surface area (Å²) < 4.78 is 12.9. The van der Waals surface area contributed by atoms with Crippen molar-refractivity contribution < 1.29 is 9.47 Å². The number of ether oxygens (including phenoxy) is 2. The van der Waals surface area contributed by atoms with E-state index in [9.17, 15) is 4.79 Å². The molecule has 1 heterocycles. The second-order valence-electron chi connectivity index (χ2n) is 10.1. The van der Waals surface area contributed by atoms with Crippen LogP contribution in [0.3, 0.4) is 0 Å². The average Bonchev–Trinajstić information content (AvgIpc) is 2.97. The molecule has 0 unspecified atom stereocenters. The SMILES string of the molecule is COc1cc(C)c(-c2nc3ccccc3c(=O)n2N=Cc2ccc(OCc3ccc(Cl)c(Cl)c3)c(Cl)c2)cc1C(C)C. The van der Waals surface area contributed by atoms with Gasteiger partial charge in [-0.05, 0) is 89.7 Å². The highest BCUT2D eigenvalue weighted by Gasteiger charge is 2.18. The number of fused-ring (bicyclic) bond motifs is 1. The smallest absolute Gasteiger partial charge is 0.282 e. The first-order chi connectivity index (χ1) is 20.2. The zero-order valence-corrected chi connectivity index (χ0v) is 25.8. The average molecular weight is 621 g/mol. The highest BCUT2D eigenvalue weighted by molar-refractivity contribution is 6.42. The third kappa shape index (κ3) is 6.16. The summed E-state index contributed by atoms with van der Waals surface area (Å²) in [5, 5.41) is 6.41. The minimum absolute atomic E-state index is 0.197. The van der Waals surface area contributed by atoms with Crippen molar-refractivity contribution in [2.24, 2.45) is 5.10 Å². The number of hydrogen-bond donors (Lipinski definition) is 0. The summed E-state index contributed by atoms with van der Waals surface area (Å²) in [6.45, 7) is 6.43. The van der Waals surface area contributed by atoms with Crippen LogP contribution in [-0.2, 0) is 6.61 Å². The Labute approximate surface area is 259 Å². The van der Waals surface area contributed by atoms with E-state index in [2.05, 4.69) is 18.9 Å². The second-order valence-corrected chi connectivity index (χ2v) is 11.3. The molecule has 42 heavy (non-hydrogen) atoms. The normalized spacial score (nSPS) is 11.5. The van der Waals surface area contributed by atoms with E-state index in [1.54, 1.807) is 43.7 Å². The first kappa shape index (κ1) is 29.6. The van der Waals surface area contributed by atoms with Crippen molar-refractivity contribution in [2.75, 3.05) is 7.11 Å². The maximum atomic E-state index is 13.7. The Morgan fingerprint density at radius 3 is 2.43 bits per heavy atom. The highest BCUT2D eigenvalue weighted by atomic mass is 35.5. The van der Waals surface area contributed by atoms with E-state index in [0.717, 1.165) is 28.0 Å². The predicted molar refractivity (Wildman–Crippen MR) is 172 cm³/mol. The largest absolute Gasteiger partial charge is 0.496 e. The lowest BCUT2D eigenvalue weighted by molar-refractivity contribution is 0.306. The van der Waals surface area contributed by atoms with Gasteiger partial charge in [0.2, 0.25) is 0 Å². The quantitative estimate of drug-likeness (QED) is 0.163. The number of benzene rings is 4. The molecule has 214 valence electrons. The lowest BCUT2D eigenvalue weighted by Crippen LogP contribution is -2.20. The molecule has 0 saturated carbocycles. The molecular formula is C33H28Cl3N3O3. The Morgan fingerprint density at radius 1 is 0.929 bits per heavy atom. The van der Waals surface area contributed by atoms with E-state index in [4.69, 9.17) is 49.3 Å². The number of nitrogens with zero attached hydrogens (tertiary/aromatic N) is 3. The molecule has 5 rings (SSSR count). The summed E-state index contributed by atoms with van der Waals surface area (Å²) in [6, 6.07) is 21.8. The minimum Gasteiger partial charge on any atom is -0.496 e. The molecule has 0 saturated heterocycles. The lowest BCUT2D eigenvalue weighted by atomic mass is 9.96. The number of methoxy groups -OCH3 is 1. The lowest BCUT2D eigenvalue weighted by Gasteiger charge is -2.17. The molecule has 5 aromatic rings. The van der Waals surface area contributed by atoms with Crippen LogP contribution in [0.15, 0.2) is 82.7 Å². The summed E-state index contributed by atoms with van der Waals surface area (Å²) in [6.07, 6.45) is 1.58. The Hall–Kier alpha value is -3.84. The Balaban J connectivity index is 1.52. The zero-order chi connectivity index (χ0) is 30.0. The van der Waals surface area contributed by atoms with E-state index < -0.39 is 0 Å². The van der Waals surface area contributed by atoms with Crippen LogP contribution in [-0.4, -0.2) is 23.0 Å². The summed E-state index contributed by atoms with van der Waals surface area (Å²) in [5.74, 6) is 1.92. The number of rotatable bonds is 8. The number of aromatic nitrogens is 2. The van der Waals surface area contributed by atoms with Crippen LogP contribution in [0.1, 0.15) is 42.0 Å². The third-order valence-electron chi connectivity index (χ3n) is 6.85. The maximum Gasteiger partial charge on any atom is 0.282 e. The molecule has 0 N–H and O–H groups in total. The van der Waals surface area contributed by atoms with Gasteiger partial charge in [-0.15, -0.1) is 0 Å². The fourth-order valence-electron chi connectivity index (χ4n) is 4.60. The molecule has 0 atom stereocenters. The highest BCUT2D eigenvalue weighted by Crippen LogP contribution is 2.34. The monoisotopic (exact) mass is 619 g/mol. The van der Waals surface area contributed by atoms with E-state index in [1.807, 2.05) is 49.4 Å². The number of para-hydroxylation sites is 1.